The first-order valence-corrected chi connectivity index (χ1v) is 8.65. The third kappa shape index (κ3) is 2.70. The summed E-state index contributed by atoms with van der Waals surface area (Å²) in [6.45, 7) is 0.0683. The summed E-state index contributed by atoms with van der Waals surface area (Å²) in [5, 5.41) is 1.55. The summed E-state index contributed by atoms with van der Waals surface area (Å²) in [5.74, 6) is 0.344. The molecule has 0 aliphatic carbocycles. The molecule has 2 heterocycles. The Hall–Kier alpha value is -1.95. The van der Waals surface area contributed by atoms with Crippen molar-refractivity contribution in [2.24, 2.45) is 0 Å². The van der Waals surface area contributed by atoms with Gasteiger partial charge in [-0.15, -0.1) is 0 Å². The van der Waals surface area contributed by atoms with Gasteiger partial charge in [0.25, 0.3) is 5.91 Å². The van der Waals surface area contributed by atoms with E-state index in [1.165, 1.54) is 0 Å². The second kappa shape index (κ2) is 6.04. The van der Waals surface area contributed by atoms with E-state index in [1.807, 2.05) is 30.3 Å². The summed E-state index contributed by atoms with van der Waals surface area (Å²) >= 11 is 0. The molecule has 2 amide bonds. The lowest BCUT2D eigenvalue weighted by molar-refractivity contribution is -0.129. The molecule has 5 nitrogen and oxygen atoms in total. The molecule has 1 fully saturated rings. The lowest BCUT2D eigenvalue weighted by Gasteiger charge is -2.29. The number of nitrogens with zero attached hydrogens (tertiary/aromatic N) is 2. The molecule has 1 aromatic carbocycles. The molecule has 0 spiro atoms. The topological polar surface area (TPSA) is 57.7 Å². The number of hydrogen-bond donors (Lipinski definition) is 0. The largest absolute Gasteiger partial charge is 0.320 e. The molecule has 2 unspecified atom stereocenters. The van der Waals surface area contributed by atoms with Crippen LogP contribution in [0.5, 0.6) is 0 Å². The Morgan fingerprint density at radius 1 is 1.27 bits per heavy atom. The Balaban J connectivity index is 1.92. The molecule has 0 aromatic heterocycles. The maximum Gasteiger partial charge on any atom is 0.252 e. The van der Waals surface area contributed by atoms with Gasteiger partial charge in [0.2, 0.25) is 5.91 Å². The minimum Gasteiger partial charge on any atom is -0.320 e. The van der Waals surface area contributed by atoms with Gasteiger partial charge in [-0.3, -0.25) is 13.8 Å². The molecular weight excluding hydrogens is 300 g/mol. The number of amides is 2. The molecule has 22 heavy (non-hydrogen) atoms. The van der Waals surface area contributed by atoms with E-state index in [1.54, 1.807) is 22.3 Å². The van der Waals surface area contributed by atoms with Gasteiger partial charge in [0.1, 0.15) is 12.7 Å². The highest BCUT2D eigenvalue weighted by molar-refractivity contribution is 7.88. The zero-order valence-corrected chi connectivity index (χ0v) is 13.2. The number of rotatable bonds is 2. The normalized spacial score (nSPS) is 25.3. The summed E-state index contributed by atoms with van der Waals surface area (Å²) in [5.41, 5.74) is 1.47. The van der Waals surface area contributed by atoms with E-state index in [-0.39, 0.29) is 18.4 Å². The Labute approximate surface area is 132 Å². The highest BCUT2D eigenvalue weighted by Gasteiger charge is 2.40. The van der Waals surface area contributed by atoms with Gasteiger partial charge in [-0.05, 0) is 18.4 Å². The van der Waals surface area contributed by atoms with Crippen molar-refractivity contribution in [3.05, 3.63) is 46.9 Å². The van der Waals surface area contributed by atoms with E-state index >= 15 is 0 Å². The van der Waals surface area contributed by atoms with Crippen LogP contribution in [0, 0.1) is 0 Å². The van der Waals surface area contributed by atoms with Crippen LogP contribution in [0.1, 0.15) is 24.6 Å². The van der Waals surface area contributed by atoms with Crippen molar-refractivity contribution in [3.8, 4) is 0 Å². The van der Waals surface area contributed by atoms with E-state index in [2.05, 4.69) is 0 Å². The molecule has 3 rings (SSSR count). The number of hydrogen-bond acceptors (Lipinski definition) is 3. The average molecular weight is 318 g/mol. The maximum atomic E-state index is 12.8. The maximum absolute atomic E-state index is 12.8. The van der Waals surface area contributed by atoms with Gasteiger partial charge in [-0.25, -0.2) is 0 Å². The van der Waals surface area contributed by atoms with Crippen molar-refractivity contribution in [2.45, 2.75) is 19.0 Å². The van der Waals surface area contributed by atoms with Gasteiger partial charge >= 0.3 is 0 Å². The van der Waals surface area contributed by atoms with Gasteiger partial charge in [0.15, 0.2) is 0 Å². The number of carbonyl (C=O) groups excluding carboxylic acids is 2. The fourth-order valence-corrected chi connectivity index (χ4v) is 4.01. The highest BCUT2D eigenvalue weighted by atomic mass is 32.2. The van der Waals surface area contributed by atoms with Gasteiger partial charge in [-0.2, -0.15) is 0 Å². The first kappa shape index (κ1) is 15.0. The minimum absolute atomic E-state index is 0.0683. The number of likely N-dealkylation sites (N-methyl/N-ethyl adjacent to an activating group) is 1. The fraction of sp³-hybridized carbons (Fsp3) is 0.375. The number of benzene rings is 1. The smallest absolute Gasteiger partial charge is 0.252 e. The summed E-state index contributed by atoms with van der Waals surface area (Å²) < 4.78 is 11.7. The predicted octanol–water partition coefficient (Wildman–Crippen LogP) is 1.41. The average Bonchev–Trinajstić information content (AvgIpc) is 2.83. The molecule has 2 atom stereocenters. The van der Waals surface area contributed by atoms with Gasteiger partial charge < -0.3 is 9.80 Å². The molecule has 0 saturated carbocycles. The van der Waals surface area contributed by atoms with Crippen LogP contribution in [0.15, 0.2) is 41.3 Å². The van der Waals surface area contributed by atoms with E-state index in [4.69, 9.17) is 0 Å². The van der Waals surface area contributed by atoms with E-state index in [0.29, 0.717) is 17.7 Å². The van der Waals surface area contributed by atoms with Crippen LogP contribution >= 0.6 is 0 Å². The van der Waals surface area contributed by atoms with Gasteiger partial charge in [-0.1, -0.05) is 30.3 Å². The van der Waals surface area contributed by atoms with Crippen LogP contribution < -0.4 is 0 Å². The molecule has 1 aromatic rings. The summed E-state index contributed by atoms with van der Waals surface area (Å²) in [6.07, 6.45) is 0.982. The molecule has 116 valence electrons. The van der Waals surface area contributed by atoms with Crippen molar-refractivity contribution < 1.29 is 13.8 Å². The molecule has 1 saturated heterocycles. The minimum atomic E-state index is -1.07. The SMILES string of the molecule is CN1C(=O)CN(C(=O)C2=CS(=O)CCC2)C1c1ccccc1. The first-order valence-electron chi connectivity index (χ1n) is 7.27. The van der Waals surface area contributed by atoms with Crippen LogP contribution in [0.3, 0.4) is 0 Å². The van der Waals surface area contributed by atoms with Crippen LogP contribution in [0.25, 0.3) is 0 Å². The van der Waals surface area contributed by atoms with Crippen LogP contribution in [0.2, 0.25) is 0 Å². The van der Waals surface area contributed by atoms with Crippen molar-refractivity contribution in [1.29, 1.82) is 0 Å². The van der Waals surface area contributed by atoms with Crippen LogP contribution in [-0.4, -0.2) is 45.2 Å². The molecule has 0 N–H and O–H groups in total. The third-order valence-electron chi connectivity index (χ3n) is 4.06. The standard InChI is InChI=1S/C16H18N2O3S/c1-17-14(19)10-18(15(17)12-6-3-2-4-7-12)16(20)13-8-5-9-22(21)11-13/h2-4,6-7,11,15H,5,8-10H2,1H3. The molecule has 0 radical (unpaired) electrons. The molecule has 2 aliphatic heterocycles. The van der Waals surface area contributed by atoms with Crippen molar-refractivity contribution >= 4 is 22.6 Å². The summed E-state index contributed by atoms with van der Waals surface area (Å²) in [6, 6.07) is 9.51. The second-order valence-electron chi connectivity index (χ2n) is 5.55. The van der Waals surface area contributed by atoms with Gasteiger partial charge in [0, 0.05) is 34.6 Å². The molecule has 0 bridgehead atoms. The highest BCUT2D eigenvalue weighted by Crippen LogP contribution is 2.31. The monoisotopic (exact) mass is 318 g/mol. The van der Waals surface area contributed by atoms with E-state index in [9.17, 15) is 13.8 Å². The summed E-state index contributed by atoms with van der Waals surface area (Å²) in [7, 11) is 0.637. The third-order valence-corrected chi connectivity index (χ3v) is 5.30. The first-order chi connectivity index (χ1) is 10.6. The number of carbonyl (C=O) groups is 2. The predicted molar refractivity (Wildman–Crippen MR) is 84.0 cm³/mol. The zero-order chi connectivity index (χ0) is 15.7. The fourth-order valence-electron chi connectivity index (χ4n) is 2.92. The Morgan fingerprint density at radius 2 is 2.00 bits per heavy atom. The van der Waals surface area contributed by atoms with Gasteiger partial charge in [0.05, 0.1) is 0 Å². The quantitative estimate of drug-likeness (QED) is 0.828. The van der Waals surface area contributed by atoms with Crippen LogP contribution in [0.4, 0.5) is 0 Å². The van der Waals surface area contributed by atoms with Crippen molar-refractivity contribution in [2.75, 3.05) is 19.3 Å². The lowest BCUT2D eigenvalue weighted by Crippen LogP contribution is -2.35. The zero-order valence-electron chi connectivity index (χ0n) is 12.4. The van der Waals surface area contributed by atoms with Crippen molar-refractivity contribution in [1.82, 2.24) is 9.80 Å². The molecule has 6 heteroatoms. The van der Waals surface area contributed by atoms with Crippen LogP contribution in [-0.2, 0) is 20.4 Å². The van der Waals surface area contributed by atoms with E-state index in [0.717, 1.165) is 12.0 Å². The summed E-state index contributed by atoms with van der Waals surface area (Å²) in [4.78, 5) is 28.0. The lowest BCUT2D eigenvalue weighted by atomic mass is 10.1. The molecule has 2 aliphatic rings. The molecular formula is C16H18N2O3S. The Morgan fingerprint density at radius 3 is 2.68 bits per heavy atom. The Bertz CT molecular complexity index is 657. The Kier molecular flexibility index (Phi) is 4.11. The van der Waals surface area contributed by atoms with E-state index < -0.39 is 17.0 Å². The van der Waals surface area contributed by atoms with Crippen molar-refractivity contribution in [3.63, 3.8) is 0 Å². The second-order valence-corrected chi connectivity index (χ2v) is 6.96.